The SMILES string of the molecule is CC(C)(O)Cn1cc(C2CCCC(C(=O)NN)C2)cn1. The third-order valence-corrected chi connectivity index (χ3v) is 3.86. The summed E-state index contributed by atoms with van der Waals surface area (Å²) in [5.41, 5.74) is 2.61. The number of carbonyl (C=O) groups is 1. The van der Waals surface area contributed by atoms with Gasteiger partial charge in [-0.15, -0.1) is 0 Å². The van der Waals surface area contributed by atoms with Crippen LogP contribution in [0.2, 0.25) is 0 Å². The minimum atomic E-state index is -0.780. The van der Waals surface area contributed by atoms with Crippen LogP contribution in [-0.4, -0.2) is 26.4 Å². The van der Waals surface area contributed by atoms with E-state index in [2.05, 4.69) is 10.5 Å². The second kappa shape index (κ2) is 5.93. The Balaban J connectivity index is 2.02. The number of aliphatic hydroxyl groups is 1. The molecule has 20 heavy (non-hydrogen) atoms. The van der Waals surface area contributed by atoms with Crippen LogP contribution in [0.3, 0.4) is 0 Å². The number of amides is 1. The van der Waals surface area contributed by atoms with Gasteiger partial charge in [-0.1, -0.05) is 6.42 Å². The lowest BCUT2D eigenvalue weighted by atomic mass is 9.78. The molecule has 2 unspecified atom stereocenters. The molecule has 6 heteroatoms. The zero-order chi connectivity index (χ0) is 14.8. The Morgan fingerprint density at radius 2 is 2.35 bits per heavy atom. The molecule has 0 radical (unpaired) electrons. The molecule has 112 valence electrons. The van der Waals surface area contributed by atoms with Gasteiger partial charge in [0.1, 0.15) is 0 Å². The molecule has 1 heterocycles. The van der Waals surface area contributed by atoms with Crippen molar-refractivity contribution in [2.45, 2.75) is 57.6 Å². The summed E-state index contributed by atoms with van der Waals surface area (Å²) in [6.07, 6.45) is 7.64. The van der Waals surface area contributed by atoms with Crippen LogP contribution in [0, 0.1) is 5.92 Å². The number of nitrogens with two attached hydrogens (primary N) is 1. The van der Waals surface area contributed by atoms with Crippen LogP contribution in [-0.2, 0) is 11.3 Å². The molecule has 6 nitrogen and oxygen atoms in total. The Morgan fingerprint density at radius 1 is 1.60 bits per heavy atom. The van der Waals surface area contributed by atoms with Crippen molar-refractivity contribution in [1.82, 2.24) is 15.2 Å². The first-order valence-electron chi connectivity index (χ1n) is 7.14. The molecule has 1 aromatic heterocycles. The first kappa shape index (κ1) is 15.0. The minimum Gasteiger partial charge on any atom is -0.389 e. The van der Waals surface area contributed by atoms with E-state index in [1.165, 1.54) is 0 Å². The molecule has 1 fully saturated rings. The summed E-state index contributed by atoms with van der Waals surface area (Å²) in [6, 6.07) is 0. The average molecular weight is 280 g/mol. The lowest BCUT2D eigenvalue weighted by Gasteiger charge is -2.27. The van der Waals surface area contributed by atoms with Gasteiger partial charge in [0.2, 0.25) is 5.91 Å². The van der Waals surface area contributed by atoms with Crippen molar-refractivity contribution in [3.8, 4) is 0 Å². The van der Waals surface area contributed by atoms with Gasteiger partial charge in [-0.3, -0.25) is 14.9 Å². The predicted octanol–water partition coefficient (Wildman–Crippen LogP) is 0.918. The Bertz CT molecular complexity index is 464. The maximum atomic E-state index is 11.6. The van der Waals surface area contributed by atoms with Crippen molar-refractivity contribution >= 4 is 5.91 Å². The van der Waals surface area contributed by atoms with Crippen molar-refractivity contribution in [2.75, 3.05) is 0 Å². The predicted molar refractivity (Wildman–Crippen MR) is 75.6 cm³/mol. The summed E-state index contributed by atoms with van der Waals surface area (Å²) in [4.78, 5) is 11.6. The van der Waals surface area contributed by atoms with Gasteiger partial charge in [-0.2, -0.15) is 5.10 Å². The van der Waals surface area contributed by atoms with Crippen LogP contribution in [0.15, 0.2) is 12.4 Å². The van der Waals surface area contributed by atoms with E-state index < -0.39 is 5.60 Å². The van der Waals surface area contributed by atoms with E-state index in [0.717, 1.165) is 31.2 Å². The Kier molecular flexibility index (Phi) is 4.45. The zero-order valence-corrected chi connectivity index (χ0v) is 12.2. The molecule has 1 aliphatic rings. The van der Waals surface area contributed by atoms with E-state index in [4.69, 9.17) is 5.84 Å². The second-order valence-corrected chi connectivity index (χ2v) is 6.35. The fraction of sp³-hybridized carbons (Fsp3) is 0.714. The maximum absolute atomic E-state index is 11.6. The molecular formula is C14H24N4O2. The number of nitrogens with zero attached hydrogens (tertiary/aromatic N) is 2. The minimum absolute atomic E-state index is 0.00335. The first-order chi connectivity index (χ1) is 9.39. The summed E-state index contributed by atoms with van der Waals surface area (Å²) in [7, 11) is 0. The van der Waals surface area contributed by atoms with Gasteiger partial charge in [0, 0.05) is 12.1 Å². The molecule has 4 N–H and O–H groups in total. The van der Waals surface area contributed by atoms with E-state index in [-0.39, 0.29) is 11.8 Å². The van der Waals surface area contributed by atoms with Crippen molar-refractivity contribution in [3.05, 3.63) is 18.0 Å². The van der Waals surface area contributed by atoms with Gasteiger partial charge in [0.05, 0.1) is 18.3 Å². The summed E-state index contributed by atoms with van der Waals surface area (Å²) in [5.74, 6) is 5.49. The molecule has 0 aliphatic heterocycles. The number of rotatable bonds is 4. The van der Waals surface area contributed by atoms with Gasteiger partial charge < -0.3 is 5.11 Å². The smallest absolute Gasteiger partial charge is 0.237 e. The van der Waals surface area contributed by atoms with E-state index in [1.54, 1.807) is 18.5 Å². The average Bonchev–Trinajstić information content (AvgIpc) is 2.84. The van der Waals surface area contributed by atoms with Crippen LogP contribution in [0.4, 0.5) is 0 Å². The molecule has 2 atom stereocenters. The lowest BCUT2D eigenvalue weighted by Crippen LogP contribution is -2.37. The number of nitrogens with one attached hydrogen (secondary N) is 1. The highest BCUT2D eigenvalue weighted by Gasteiger charge is 2.28. The van der Waals surface area contributed by atoms with Gasteiger partial charge in [0.25, 0.3) is 0 Å². The highest BCUT2D eigenvalue weighted by Crippen LogP contribution is 2.36. The van der Waals surface area contributed by atoms with Gasteiger partial charge in [0.15, 0.2) is 0 Å². The van der Waals surface area contributed by atoms with E-state index >= 15 is 0 Å². The molecule has 0 saturated heterocycles. The molecule has 0 aromatic carbocycles. The lowest BCUT2D eigenvalue weighted by molar-refractivity contribution is -0.126. The molecule has 0 bridgehead atoms. The molecule has 1 amide bonds. The van der Waals surface area contributed by atoms with Crippen LogP contribution in [0.5, 0.6) is 0 Å². The van der Waals surface area contributed by atoms with Gasteiger partial charge >= 0.3 is 0 Å². The summed E-state index contributed by atoms with van der Waals surface area (Å²) >= 11 is 0. The standard InChI is InChI=1S/C14H24N4O2/c1-14(2,20)9-18-8-12(7-16-18)10-4-3-5-11(6-10)13(19)17-15/h7-8,10-11,20H,3-6,9,15H2,1-2H3,(H,17,19). The Morgan fingerprint density at radius 3 is 3.00 bits per heavy atom. The number of hydrogen-bond acceptors (Lipinski definition) is 4. The van der Waals surface area contributed by atoms with Crippen molar-refractivity contribution in [3.63, 3.8) is 0 Å². The molecule has 1 aliphatic carbocycles. The van der Waals surface area contributed by atoms with Gasteiger partial charge in [-0.05, 0) is 44.6 Å². The monoisotopic (exact) mass is 280 g/mol. The Hall–Kier alpha value is -1.40. The third-order valence-electron chi connectivity index (χ3n) is 3.86. The second-order valence-electron chi connectivity index (χ2n) is 6.35. The zero-order valence-electron chi connectivity index (χ0n) is 12.2. The topological polar surface area (TPSA) is 93.2 Å². The largest absolute Gasteiger partial charge is 0.389 e. The van der Waals surface area contributed by atoms with E-state index in [9.17, 15) is 9.90 Å². The maximum Gasteiger partial charge on any atom is 0.237 e. The highest BCUT2D eigenvalue weighted by molar-refractivity contribution is 5.78. The fourth-order valence-corrected chi connectivity index (χ4v) is 2.92. The van der Waals surface area contributed by atoms with Crippen molar-refractivity contribution in [1.29, 1.82) is 0 Å². The number of hydrogen-bond donors (Lipinski definition) is 3. The van der Waals surface area contributed by atoms with Crippen LogP contribution < -0.4 is 11.3 Å². The quantitative estimate of drug-likeness (QED) is 0.434. The van der Waals surface area contributed by atoms with Crippen LogP contribution in [0.1, 0.15) is 51.0 Å². The number of aromatic nitrogens is 2. The Labute approximate surface area is 119 Å². The first-order valence-corrected chi connectivity index (χ1v) is 7.14. The van der Waals surface area contributed by atoms with Crippen LogP contribution in [0.25, 0.3) is 0 Å². The van der Waals surface area contributed by atoms with Crippen LogP contribution >= 0.6 is 0 Å². The molecular weight excluding hydrogens is 256 g/mol. The highest BCUT2D eigenvalue weighted by atomic mass is 16.3. The molecule has 1 saturated carbocycles. The molecule has 0 spiro atoms. The summed E-state index contributed by atoms with van der Waals surface area (Å²) in [5, 5.41) is 14.1. The molecule has 2 rings (SSSR count). The number of carbonyl (C=O) groups excluding carboxylic acids is 1. The van der Waals surface area contributed by atoms with Crippen molar-refractivity contribution in [2.24, 2.45) is 11.8 Å². The van der Waals surface area contributed by atoms with E-state index in [0.29, 0.717) is 12.5 Å². The summed E-state index contributed by atoms with van der Waals surface area (Å²) < 4.78 is 1.77. The van der Waals surface area contributed by atoms with E-state index in [1.807, 2.05) is 12.4 Å². The third kappa shape index (κ3) is 3.80. The summed E-state index contributed by atoms with van der Waals surface area (Å²) in [6.45, 7) is 3.99. The number of hydrazine groups is 1. The van der Waals surface area contributed by atoms with Gasteiger partial charge in [-0.25, -0.2) is 5.84 Å². The molecule has 1 aromatic rings. The van der Waals surface area contributed by atoms with Crippen molar-refractivity contribution < 1.29 is 9.90 Å². The normalized spacial score (nSPS) is 23.6. The fourth-order valence-electron chi connectivity index (χ4n) is 2.92.